The molecule has 2 aromatic carbocycles. The number of methoxy groups -OCH3 is 2. The maximum atomic E-state index is 13.5. The number of halogens is 1. The predicted octanol–water partition coefficient (Wildman–Crippen LogP) is 3.73. The topological polar surface area (TPSA) is 59.0 Å². The van der Waals surface area contributed by atoms with E-state index < -0.39 is 11.9 Å². The van der Waals surface area contributed by atoms with Gasteiger partial charge in [0.25, 0.3) is 0 Å². The van der Waals surface area contributed by atoms with Crippen LogP contribution in [-0.4, -0.2) is 43.3 Å². The number of ether oxygens (including phenoxy) is 2. The lowest BCUT2D eigenvalue weighted by atomic mass is 9.91. The number of hydrogen-bond donors (Lipinski definition) is 1. The van der Waals surface area contributed by atoms with Crippen molar-refractivity contribution in [2.24, 2.45) is 5.92 Å². The van der Waals surface area contributed by atoms with E-state index in [2.05, 4.69) is 4.90 Å². The van der Waals surface area contributed by atoms with Gasteiger partial charge in [-0.25, -0.2) is 4.39 Å². The summed E-state index contributed by atoms with van der Waals surface area (Å²) in [6.45, 7) is 1.18. The van der Waals surface area contributed by atoms with Crippen molar-refractivity contribution in [2.75, 3.05) is 27.3 Å². The minimum absolute atomic E-state index is 0.252. The third-order valence-corrected chi connectivity index (χ3v) is 5.08. The zero-order valence-corrected chi connectivity index (χ0v) is 15.5. The minimum atomic E-state index is -0.782. The maximum Gasteiger partial charge on any atom is 0.307 e. The van der Waals surface area contributed by atoms with E-state index in [1.165, 1.54) is 12.1 Å². The van der Waals surface area contributed by atoms with Crippen LogP contribution in [0.15, 0.2) is 42.5 Å². The van der Waals surface area contributed by atoms with Crippen LogP contribution in [0, 0.1) is 11.7 Å². The van der Waals surface area contributed by atoms with Gasteiger partial charge in [0, 0.05) is 12.1 Å². The van der Waals surface area contributed by atoms with Gasteiger partial charge in [-0.15, -0.1) is 0 Å². The summed E-state index contributed by atoms with van der Waals surface area (Å²) in [5.74, 6) is -0.141. The number of carbonyl (C=O) groups is 1. The first kappa shape index (κ1) is 19.2. The standard InChI is InChI=1S/C21H24FNO4/c1-26-17-9-10-19(27-2)18(12-17)20(14-5-7-16(22)8-6-14)23-11-3-4-15(13-23)21(24)25/h5-10,12,15,20H,3-4,11,13H2,1-2H3,(H,24,25). The molecule has 0 spiro atoms. The van der Waals surface area contributed by atoms with Crippen LogP contribution in [0.2, 0.25) is 0 Å². The summed E-state index contributed by atoms with van der Waals surface area (Å²) in [4.78, 5) is 13.7. The lowest BCUT2D eigenvalue weighted by molar-refractivity contribution is -0.143. The lowest BCUT2D eigenvalue weighted by Gasteiger charge is -2.38. The molecule has 2 atom stereocenters. The summed E-state index contributed by atoms with van der Waals surface area (Å²) in [6.07, 6.45) is 1.46. The normalized spacial score (nSPS) is 18.7. The van der Waals surface area contributed by atoms with Gasteiger partial charge in [0.2, 0.25) is 0 Å². The first-order chi connectivity index (χ1) is 13.0. The fourth-order valence-electron chi connectivity index (χ4n) is 3.73. The second-order valence-electron chi connectivity index (χ2n) is 6.73. The van der Waals surface area contributed by atoms with Crippen LogP contribution in [0.3, 0.4) is 0 Å². The van der Waals surface area contributed by atoms with Crippen molar-refractivity contribution in [3.8, 4) is 11.5 Å². The molecule has 6 heteroatoms. The highest BCUT2D eigenvalue weighted by molar-refractivity contribution is 5.70. The van der Waals surface area contributed by atoms with Crippen LogP contribution < -0.4 is 9.47 Å². The van der Waals surface area contributed by atoms with Crippen molar-refractivity contribution in [3.63, 3.8) is 0 Å². The quantitative estimate of drug-likeness (QED) is 0.836. The molecule has 2 aromatic rings. The summed E-state index contributed by atoms with van der Waals surface area (Å²) >= 11 is 0. The molecule has 1 aliphatic heterocycles. The SMILES string of the molecule is COc1ccc(OC)c(C(c2ccc(F)cc2)N2CCCC(C(=O)O)C2)c1. The van der Waals surface area contributed by atoms with Crippen LogP contribution in [0.25, 0.3) is 0 Å². The molecule has 0 aromatic heterocycles. The van der Waals surface area contributed by atoms with Crippen molar-refractivity contribution in [3.05, 3.63) is 59.4 Å². The van der Waals surface area contributed by atoms with Crippen LogP contribution in [0.1, 0.15) is 30.0 Å². The number of aliphatic carboxylic acids is 1. The average molecular weight is 373 g/mol. The zero-order chi connectivity index (χ0) is 19.4. The molecule has 1 aliphatic rings. The molecule has 1 heterocycles. The molecule has 0 radical (unpaired) electrons. The molecule has 1 N–H and O–H groups in total. The highest BCUT2D eigenvalue weighted by atomic mass is 19.1. The summed E-state index contributed by atoms with van der Waals surface area (Å²) < 4.78 is 24.4. The van der Waals surface area contributed by atoms with Crippen LogP contribution in [0.4, 0.5) is 4.39 Å². The molecule has 1 fully saturated rings. The highest BCUT2D eigenvalue weighted by Crippen LogP contribution is 2.39. The smallest absolute Gasteiger partial charge is 0.307 e. The third-order valence-electron chi connectivity index (χ3n) is 5.08. The number of carboxylic acids is 1. The molecule has 1 saturated heterocycles. The molecule has 144 valence electrons. The highest BCUT2D eigenvalue weighted by Gasteiger charge is 2.32. The molecule has 2 unspecified atom stereocenters. The number of likely N-dealkylation sites (tertiary alicyclic amines) is 1. The van der Waals surface area contributed by atoms with E-state index in [1.54, 1.807) is 26.4 Å². The summed E-state index contributed by atoms with van der Waals surface area (Å²) in [6, 6.07) is 11.6. The number of carboxylic acid groups (broad SMARTS) is 1. The Balaban J connectivity index is 2.08. The largest absolute Gasteiger partial charge is 0.497 e. The fourth-order valence-corrected chi connectivity index (χ4v) is 3.73. The second-order valence-corrected chi connectivity index (χ2v) is 6.73. The zero-order valence-electron chi connectivity index (χ0n) is 15.5. The van der Waals surface area contributed by atoms with E-state index in [0.29, 0.717) is 24.5 Å². The molecule has 0 aliphatic carbocycles. The summed E-state index contributed by atoms with van der Waals surface area (Å²) in [7, 11) is 3.20. The van der Waals surface area contributed by atoms with Crippen molar-refractivity contribution in [1.82, 2.24) is 4.90 Å². The van der Waals surface area contributed by atoms with E-state index in [9.17, 15) is 14.3 Å². The second kappa shape index (κ2) is 8.39. The van der Waals surface area contributed by atoms with Gasteiger partial charge in [-0.3, -0.25) is 9.69 Å². The van der Waals surface area contributed by atoms with Gasteiger partial charge < -0.3 is 14.6 Å². The molecule has 0 bridgehead atoms. The monoisotopic (exact) mass is 373 g/mol. The Morgan fingerprint density at radius 2 is 1.93 bits per heavy atom. The van der Waals surface area contributed by atoms with Gasteiger partial charge in [-0.2, -0.15) is 0 Å². The molecular formula is C21H24FNO4. The summed E-state index contributed by atoms with van der Waals surface area (Å²) in [5.41, 5.74) is 1.75. The van der Waals surface area contributed by atoms with E-state index in [0.717, 1.165) is 24.1 Å². The minimum Gasteiger partial charge on any atom is -0.497 e. The number of nitrogens with zero attached hydrogens (tertiary/aromatic N) is 1. The van der Waals surface area contributed by atoms with Crippen molar-refractivity contribution >= 4 is 5.97 Å². The van der Waals surface area contributed by atoms with E-state index >= 15 is 0 Å². The first-order valence-corrected chi connectivity index (χ1v) is 8.97. The Kier molecular flexibility index (Phi) is 5.96. The van der Waals surface area contributed by atoms with Gasteiger partial charge in [-0.05, 0) is 55.3 Å². The van der Waals surface area contributed by atoms with Gasteiger partial charge in [0.15, 0.2) is 0 Å². The van der Waals surface area contributed by atoms with Crippen LogP contribution in [0.5, 0.6) is 11.5 Å². The Morgan fingerprint density at radius 1 is 1.19 bits per heavy atom. The molecule has 5 nitrogen and oxygen atoms in total. The van der Waals surface area contributed by atoms with Gasteiger partial charge >= 0.3 is 5.97 Å². The Hall–Kier alpha value is -2.60. The molecule has 0 saturated carbocycles. The Bertz CT molecular complexity index is 793. The van der Waals surface area contributed by atoms with Crippen molar-refractivity contribution in [1.29, 1.82) is 0 Å². The van der Waals surface area contributed by atoms with Crippen molar-refractivity contribution in [2.45, 2.75) is 18.9 Å². The maximum absolute atomic E-state index is 13.5. The van der Waals surface area contributed by atoms with Gasteiger partial charge in [0.1, 0.15) is 17.3 Å². The van der Waals surface area contributed by atoms with E-state index in [1.807, 2.05) is 18.2 Å². The summed E-state index contributed by atoms with van der Waals surface area (Å²) in [5, 5.41) is 9.48. The van der Waals surface area contributed by atoms with Crippen LogP contribution >= 0.6 is 0 Å². The Morgan fingerprint density at radius 3 is 2.56 bits per heavy atom. The molecule has 3 rings (SSSR count). The molecule has 0 amide bonds. The number of piperidine rings is 1. The lowest BCUT2D eigenvalue weighted by Crippen LogP contribution is -2.41. The van der Waals surface area contributed by atoms with E-state index in [-0.39, 0.29) is 11.9 Å². The number of benzene rings is 2. The average Bonchev–Trinajstić information content (AvgIpc) is 2.69. The number of hydrogen-bond acceptors (Lipinski definition) is 4. The van der Waals surface area contributed by atoms with E-state index in [4.69, 9.17) is 9.47 Å². The third kappa shape index (κ3) is 4.22. The van der Waals surface area contributed by atoms with Crippen LogP contribution in [-0.2, 0) is 4.79 Å². The molecule has 27 heavy (non-hydrogen) atoms. The Labute approximate surface area is 158 Å². The molecular weight excluding hydrogens is 349 g/mol. The first-order valence-electron chi connectivity index (χ1n) is 8.97. The fraction of sp³-hybridized carbons (Fsp3) is 0.381. The van der Waals surface area contributed by atoms with Gasteiger partial charge in [-0.1, -0.05) is 12.1 Å². The predicted molar refractivity (Wildman–Crippen MR) is 99.7 cm³/mol. The number of rotatable bonds is 6. The van der Waals surface area contributed by atoms with Gasteiger partial charge in [0.05, 0.1) is 26.2 Å². The van der Waals surface area contributed by atoms with Crippen molar-refractivity contribution < 1.29 is 23.8 Å².